The highest BCUT2D eigenvalue weighted by atomic mass is 16.2. The van der Waals surface area contributed by atoms with Crippen molar-refractivity contribution in [1.82, 2.24) is 25.6 Å². The lowest BCUT2D eigenvalue weighted by Crippen LogP contribution is -2.31. The van der Waals surface area contributed by atoms with E-state index in [0.717, 1.165) is 18.7 Å². The van der Waals surface area contributed by atoms with Crippen LogP contribution in [0.15, 0.2) is 36.5 Å². The van der Waals surface area contributed by atoms with Gasteiger partial charge in [0.15, 0.2) is 5.69 Å². The second kappa shape index (κ2) is 7.40. The minimum Gasteiger partial charge on any atom is -0.349 e. The number of hydrogen-bond donors (Lipinski definition) is 2. The van der Waals surface area contributed by atoms with Gasteiger partial charge in [-0.3, -0.25) is 4.79 Å². The zero-order valence-electron chi connectivity index (χ0n) is 11.5. The molecule has 0 aliphatic rings. The molecule has 0 radical (unpaired) electrons. The Morgan fingerprint density at radius 1 is 1.25 bits per heavy atom. The van der Waals surface area contributed by atoms with Crippen molar-refractivity contribution in [2.24, 2.45) is 0 Å². The number of amides is 1. The van der Waals surface area contributed by atoms with E-state index in [1.807, 2.05) is 37.3 Å². The van der Waals surface area contributed by atoms with Crippen molar-refractivity contribution >= 4 is 5.91 Å². The van der Waals surface area contributed by atoms with Crippen LogP contribution >= 0.6 is 0 Å². The standard InChI is InChI=1S/C14H19N5O/c1-2-15-8-9-16-14(20)13-11-19(18-17-13)10-12-6-4-3-5-7-12/h3-7,11,15H,2,8-10H2,1H3,(H,16,20). The van der Waals surface area contributed by atoms with Gasteiger partial charge < -0.3 is 10.6 Å². The third kappa shape index (κ3) is 4.17. The molecule has 6 nitrogen and oxygen atoms in total. The van der Waals surface area contributed by atoms with E-state index in [1.165, 1.54) is 0 Å². The Bertz CT molecular complexity index is 538. The maximum Gasteiger partial charge on any atom is 0.273 e. The predicted molar refractivity (Wildman–Crippen MR) is 76.4 cm³/mol. The Balaban J connectivity index is 1.87. The summed E-state index contributed by atoms with van der Waals surface area (Å²) in [7, 11) is 0. The smallest absolute Gasteiger partial charge is 0.273 e. The second-order valence-electron chi connectivity index (χ2n) is 4.40. The summed E-state index contributed by atoms with van der Waals surface area (Å²) in [5, 5.41) is 13.8. The van der Waals surface area contributed by atoms with Crippen LogP contribution in [0.1, 0.15) is 23.0 Å². The number of nitrogens with zero attached hydrogens (tertiary/aromatic N) is 3. The van der Waals surface area contributed by atoms with Crippen molar-refractivity contribution < 1.29 is 4.79 Å². The zero-order valence-corrected chi connectivity index (χ0v) is 11.5. The number of nitrogens with one attached hydrogen (secondary N) is 2. The van der Waals surface area contributed by atoms with Crippen LogP contribution in [-0.2, 0) is 6.54 Å². The summed E-state index contributed by atoms with van der Waals surface area (Å²) in [5.74, 6) is -0.192. The summed E-state index contributed by atoms with van der Waals surface area (Å²) in [6.07, 6.45) is 1.66. The third-order valence-corrected chi connectivity index (χ3v) is 2.80. The first-order valence-electron chi connectivity index (χ1n) is 6.72. The number of likely N-dealkylation sites (N-methyl/N-ethyl adjacent to an activating group) is 1. The van der Waals surface area contributed by atoms with Crippen LogP contribution in [0.3, 0.4) is 0 Å². The molecule has 0 fully saturated rings. The Morgan fingerprint density at radius 3 is 2.80 bits per heavy atom. The molecule has 2 aromatic rings. The van der Waals surface area contributed by atoms with E-state index in [2.05, 4.69) is 20.9 Å². The zero-order chi connectivity index (χ0) is 14.2. The van der Waals surface area contributed by atoms with Crippen molar-refractivity contribution in [1.29, 1.82) is 0 Å². The molecule has 2 rings (SSSR count). The molecule has 0 aliphatic carbocycles. The van der Waals surface area contributed by atoms with Gasteiger partial charge in [0.05, 0.1) is 12.7 Å². The van der Waals surface area contributed by atoms with Gasteiger partial charge in [-0.15, -0.1) is 5.10 Å². The number of hydrogen-bond acceptors (Lipinski definition) is 4. The van der Waals surface area contributed by atoms with E-state index >= 15 is 0 Å². The fourth-order valence-corrected chi connectivity index (χ4v) is 1.78. The van der Waals surface area contributed by atoms with E-state index < -0.39 is 0 Å². The number of rotatable bonds is 7. The molecule has 0 atom stereocenters. The van der Waals surface area contributed by atoms with Crippen molar-refractivity contribution in [3.8, 4) is 0 Å². The molecule has 1 heterocycles. The Labute approximate surface area is 118 Å². The van der Waals surface area contributed by atoms with Crippen molar-refractivity contribution in [2.45, 2.75) is 13.5 Å². The highest BCUT2D eigenvalue weighted by molar-refractivity contribution is 5.91. The molecule has 1 amide bonds. The van der Waals surface area contributed by atoms with Crippen LogP contribution in [0.2, 0.25) is 0 Å². The molecule has 1 aromatic heterocycles. The first kappa shape index (κ1) is 14.2. The van der Waals surface area contributed by atoms with Gasteiger partial charge >= 0.3 is 0 Å². The van der Waals surface area contributed by atoms with Crippen molar-refractivity contribution in [2.75, 3.05) is 19.6 Å². The molecule has 0 aliphatic heterocycles. The van der Waals surface area contributed by atoms with Crippen LogP contribution < -0.4 is 10.6 Å². The summed E-state index contributed by atoms with van der Waals surface area (Å²) in [4.78, 5) is 11.8. The third-order valence-electron chi connectivity index (χ3n) is 2.80. The van der Waals surface area contributed by atoms with E-state index in [4.69, 9.17) is 0 Å². The first-order valence-corrected chi connectivity index (χ1v) is 6.72. The largest absolute Gasteiger partial charge is 0.349 e. The van der Waals surface area contributed by atoms with Gasteiger partial charge in [-0.05, 0) is 12.1 Å². The van der Waals surface area contributed by atoms with E-state index in [-0.39, 0.29) is 5.91 Å². The van der Waals surface area contributed by atoms with Crippen LogP contribution in [0.5, 0.6) is 0 Å². The summed E-state index contributed by atoms with van der Waals surface area (Å²) in [6, 6.07) is 9.94. The quantitative estimate of drug-likeness (QED) is 0.727. The number of carbonyl (C=O) groups excluding carboxylic acids is 1. The average molecular weight is 273 g/mol. The van der Waals surface area contributed by atoms with E-state index in [0.29, 0.717) is 18.8 Å². The maximum absolute atomic E-state index is 11.8. The molecule has 0 saturated carbocycles. The lowest BCUT2D eigenvalue weighted by atomic mass is 10.2. The summed E-state index contributed by atoms with van der Waals surface area (Å²) in [6.45, 7) is 4.86. The first-order chi connectivity index (χ1) is 9.79. The Kier molecular flexibility index (Phi) is 5.25. The van der Waals surface area contributed by atoms with Gasteiger partial charge in [0.1, 0.15) is 0 Å². The molecule has 20 heavy (non-hydrogen) atoms. The molecule has 0 bridgehead atoms. The van der Waals surface area contributed by atoms with Gasteiger partial charge in [0, 0.05) is 13.1 Å². The Hall–Kier alpha value is -2.21. The number of aromatic nitrogens is 3. The SMILES string of the molecule is CCNCCNC(=O)c1cn(Cc2ccccc2)nn1. The molecule has 106 valence electrons. The van der Waals surface area contributed by atoms with Crippen LogP contribution in [-0.4, -0.2) is 40.5 Å². The van der Waals surface area contributed by atoms with Gasteiger partial charge in [0.25, 0.3) is 5.91 Å². The van der Waals surface area contributed by atoms with E-state index in [9.17, 15) is 4.79 Å². The molecular weight excluding hydrogens is 254 g/mol. The molecule has 1 aromatic carbocycles. The van der Waals surface area contributed by atoms with Crippen LogP contribution in [0, 0.1) is 0 Å². The minimum absolute atomic E-state index is 0.192. The fourth-order valence-electron chi connectivity index (χ4n) is 1.78. The van der Waals surface area contributed by atoms with Crippen LogP contribution in [0.25, 0.3) is 0 Å². The topological polar surface area (TPSA) is 71.8 Å². The molecule has 0 unspecified atom stereocenters. The van der Waals surface area contributed by atoms with Gasteiger partial charge in [0.2, 0.25) is 0 Å². The minimum atomic E-state index is -0.192. The predicted octanol–water partition coefficient (Wildman–Crippen LogP) is 0.666. The summed E-state index contributed by atoms with van der Waals surface area (Å²) < 4.78 is 1.66. The summed E-state index contributed by atoms with van der Waals surface area (Å²) >= 11 is 0. The fraction of sp³-hybridized carbons (Fsp3) is 0.357. The molecule has 0 saturated heterocycles. The van der Waals surface area contributed by atoms with Gasteiger partial charge in [-0.1, -0.05) is 42.5 Å². The van der Waals surface area contributed by atoms with Crippen LogP contribution in [0.4, 0.5) is 0 Å². The lowest BCUT2D eigenvalue weighted by molar-refractivity contribution is 0.0949. The average Bonchev–Trinajstić information content (AvgIpc) is 2.93. The van der Waals surface area contributed by atoms with E-state index in [1.54, 1.807) is 10.9 Å². The molecular formula is C14H19N5O. The molecule has 6 heteroatoms. The molecule has 0 spiro atoms. The van der Waals surface area contributed by atoms with Gasteiger partial charge in [-0.2, -0.15) is 0 Å². The number of carbonyl (C=O) groups is 1. The van der Waals surface area contributed by atoms with Crippen molar-refractivity contribution in [3.05, 3.63) is 47.8 Å². The highest BCUT2D eigenvalue weighted by Crippen LogP contribution is 2.02. The molecule has 2 N–H and O–H groups in total. The summed E-state index contributed by atoms with van der Waals surface area (Å²) in [5.41, 5.74) is 1.47. The number of benzene rings is 1. The second-order valence-corrected chi connectivity index (χ2v) is 4.40. The highest BCUT2D eigenvalue weighted by Gasteiger charge is 2.09. The van der Waals surface area contributed by atoms with Gasteiger partial charge in [-0.25, -0.2) is 4.68 Å². The lowest BCUT2D eigenvalue weighted by Gasteiger charge is -2.02. The Morgan fingerprint density at radius 2 is 2.05 bits per heavy atom. The van der Waals surface area contributed by atoms with Crippen molar-refractivity contribution in [3.63, 3.8) is 0 Å². The monoisotopic (exact) mass is 273 g/mol. The normalized spacial score (nSPS) is 10.4. The maximum atomic E-state index is 11.8.